The zero-order valence-electron chi connectivity index (χ0n) is 17.0. The number of alkyl carbamates (subject to hydrolysis) is 1. The molecule has 7 heteroatoms. The number of fused-ring (bicyclic) bond motifs is 3. The Morgan fingerprint density at radius 1 is 1.13 bits per heavy atom. The molecular formula is C24H23FN2O4. The van der Waals surface area contributed by atoms with Crippen LogP contribution in [0.25, 0.3) is 11.1 Å². The van der Waals surface area contributed by atoms with Crippen LogP contribution in [0.2, 0.25) is 0 Å². The monoisotopic (exact) mass is 422 g/mol. The van der Waals surface area contributed by atoms with E-state index in [1.807, 2.05) is 48.5 Å². The lowest BCUT2D eigenvalue weighted by molar-refractivity contribution is 0.0161. The van der Waals surface area contributed by atoms with Crippen LogP contribution >= 0.6 is 0 Å². The van der Waals surface area contributed by atoms with Crippen LogP contribution in [-0.4, -0.2) is 40.5 Å². The Morgan fingerprint density at radius 2 is 1.74 bits per heavy atom. The Labute approximate surface area is 179 Å². The Morgan fingerprint density at radius 3 is 2.39 bits per heavy atom. The molecule has 0 aliphatic heterocycles. The molecule has 2 aromatic carbocycles. The lowest BCUT2D eigenvalue weighted by Gasteiger charge is -2.19. The average Bonchev–Trinajstić information content (AvgIpc) is 3.11. The van der Waals surface area contributed by atoms with E-state index in [0.29, 0.717) is 5.56 Å². The van der Waals surface area contributed by atoms with E-state index in [2.05, 4.69) is 10.3 Å². The summed E-state index contributed by atoms with van der Waals surface area (Å²) >= 11 is 0. The SMILES string of the molecule is Cc1cnc(F)c(C(O)C(O)CNC(=O)OCC2c3ccccc3-c3ccccc32)c1. The summed E-state index contributed by atoms with van der Waals surface area (Å²) in [4.78, 5) is 15.7. The first-order chi connectivity index (χ1) is 15.0. The second-order valence-electron chi connectivity index (χ2n) is 7.61. The van der Waals surface area contributed by atoms with Gasteiger partial charge in [0.1, 0.15) is 18.8 Å². The molecule has 2 unspecified atom stereocenters. The number of pyridine rings is 1. The summed E-state index contributed by atoms with van der Waals surface area (Å²) < 4.78 is 19.2. The number of amides is 1. The van der Waals surface area contributed by atoms with Gasteiger partial charge in [-0.05, 0) is 40.8 Å². The fourth-order valence-corrected chi connectivity index (χ4v) is 3.94. The van der Waals surface area contributed by atoms with E-state index in [9.17, 15) is 19.4 Å². The first-order valence-electron chi connectivity index (χ1n) is 10.0. The maximum absolute atomic E-state index is 13.8. The highest BCUT2D eigenvalue weighted by molar-refractivity contribution is 5.79. The number of nitrogens with one attached hydrogen (secondary N) is 1. The van der Waals surface area contributed by atoms with Gasteiger partial charge in [0.05, 0.1) is 0 Å². The number of ether oxygens (including phenoxy) is 1. The number of nitrogens with zero attached hydrogens (tertiary/aromatic N) is 1. The molecule has 3 aromatic rings. The predicted molar refractivity (Wildman–Crippen MR) is 113 cm³/mol. The number of aromatic nitrogens is 1. The van der Waals surface area contributed by atoms with Crippen LogP contribution in [0.5, 0.6) is 0 Å². The average molecular weight is 422 g/mol. The normalized spacial score (nSPS) is 14.5. The van der Waals surface area contributed by atoms with Gasteiger partial charge in [-0.2, -0.15) is 4.39 Å². The molecule has 1 heterocycles. The number of carbonyl (C=O) groups is 1. The van der Waals surface area contributed by atoms with Crippen molar-refractivity contribution < 1.29 is 24.1 Å². The second-order valence-corrected chi connectivity index (χ2v) is 7.61. The van der Waals surface area contributed by atoms with E-state index < -0.39 is 24.2 Å². The van der Waals surface area contributed by atoms with Crippen LogP contribution in [0.15, 0.2) is 60.8 Å². The molecule has 0 bridgehead atoms. The van der Waals surface area contributed by atoms with E-state index >= 15 is 0 Å². The van der Waals surface area contributed by atoms with E-state index in [0.717, 1.165) is 22.3 Å². The van der Waals surface area contributed by atoms with Crippen molar-refractivity contribution in [3.63, 3.8) is 0 Å². The predicted octanol–water partition coefficient (Wildman–Crippen LogP) is 3.46. The topological polar surface area (TPSA) is 91.7 Å². The van der Waals surface area contributed by atoms with Crippen molar-refractivity contribution in [2.45, 2.75) is 25.0 Å². The van der Waals surface area contributed by atoms with Crippen molar-refractivity contribution in [2.24, 2.45) is 0 Å². The Kier molecular flexibility index (Phi) is 5.97. The van der Waals surface area contributed by atoms with Gasteiger partial charge >= 0.3 is 6.09 Å². The van der Waals surface area contributed by atoms with E-state index in [1.165, 1.54) is 12.3 Å². The summed E-state index contributed by atoms with van der Waals surface area (Å²) in [7, 11) is 0. The maximum Gasteiger partial charge on any atom is 0.407 e. The number of aliphatic hydroxyl groups is 2. The lowest BCUT2D eigenvalue weighted by atomic mass is 9.98. The molecule has 0 fully saturated rings. The van der Waals surface area contributed by atoms with Crippen molar-refractivity contribution in [1.82, 2.24) is 10.3 Å². The van der Waals surface area contributed by atoms with Crippen molar-refractivity contribution in [3.05, 3.63) is 89.0 Å². The zero-order valence-corrected chi connectivity index (χ0v) is 17.0. The first kappa shape index (κ1) is 21.0. The molecule has 1 aromatic heterocycles. The third kappa shape index (κ3) is 4.28. The van der Waals surface area contributed by atoms with Gasteiger partial charge in [-0.1, -0.05) is 48.5 Å². The Bertz CT molecular complexity index is 1060. The molecule has 0 radical (unpaired) electrons. The van der Waals surface area contributed by atoms with Gasteiger partial charge in [0, 0.05) is 24.2 Å². The van der Waals surface area contributed by atoms with E-state index in [-0.39, 0.29) is 24.6 Å². The number of rotatable bonds is 6. The van der Waals surface area contributed by atoms with Crippen LogP contribution in [0.4, 0.5) is 9.18 Å². The van der Waals surface area contributed by atoms with Gasteiger partial charge in [-0.3, -0.25) is 0 Å². The van der Waals surface area contributed by atoms with E-state index in [4.69, 9.17) is 4.74 Å². The quantitative estimate of drug-likeness (QED) is 0.529. The molecule has 4 rings (SSSR count). The van der Waals surface area contributed by atoms with Crippen molar-refractivity contribution in [2.75, 3.05) is 13.2 Å². The Balaban J connectivity index is 1.35. The highest BCUT2D eigenvalue weighted by Crippen LogP contribution is 2.44. The van der Waals surface area contributed by atoms with Gasteiger partial charge in [0.2, 0.25) is 5.95 Å². The fraction of sp³-hybridized carbons (Fsp3) is 0.250. The number of hydrogen-bond donors (Lipinski definition) is 3. The molecule has 0 saturated heterocycles. The smallest absolute Gasteiger partial charge is 0.407 e. The minimum absolute atomic E-state index is 0.0823. The zero-order chi connectivity index (χ0) is 22.0. The summed E-state index contributed by atoms with van der Waals surface area (Å²) in [5, 5.41) is 22.8. The van der Waals surface area contributed by atoms with Crippen LogP contribution in [0.1, 0.15) is 34.3 Å². The molecule has 1 amide bonds. The minimum atomic E-state index is -1.53. The van der Waals surface area contributed by atoms with Gasteiger partial charge in [0.15, 0.2) is 0 Å². The first-order valence-corrected chi connectivity index (χ1v) is 10.0. The summed E-state index contributed by atoms with van der Waals surface area (Å²) in [5.74, 6) is -0.945. The third-order valence-electron chi connectivity index (χ3n) is 5.49. The molecule has 2 atom stereocenters. The molecular weight excluding hydrogens is 399 g/mol. The summed E-state index contributed by atoms with van der Waals surface area (Å²) in [6, 6.07) is 17.4. The number of halogens is 1. The number of hydrogen-bond acceptors (Lipinski definition) is 5. The Hall–Kier alpha value is -3.29. The number of aliphatic hydroxyl groups excluding tert-OH is 2. The fourth-order valence-electron chi connectivity index (χ4n) is 3.94. The minimum Gasteiger partial charge on any atom is -0.449 e. The molecule has 160 valence electrons. The molecule has 0 saturated carbocycles. The van der Waals surface area contributed by atoms with Gasteiger partial charge in [-0.25, -0.2) is 9.78 Å². The molecule has 6 nitrogen and oxygen atoms in total. The van der Waals surface area contributed by atoms with E-state index in [1.54, 1.807) is 6.92 Å². The van der Waals surface area contributed by atoms with Crippen molar-refractivity contribution >= 4 is 6.09 Å². The highest BCUT2D eigenvalue weighted by atomic mass is 19.1. The standard InChI is InChI=1S/C24H23FN2O4/c1-14-10-19(23(25)26-11-14)22(29)21(28)12-27-24(30)31-13-20-17-8-4-2-6-15(17)16-7-3-5-9-18(16)20/h2-11,20-22,28-29H,12-13H2,1H3,(H,27,30). The van der Waals surface area contributed by atoms with Crippen molar-refractivity contribution in [1.29, 1.82) is 0 Å². The summed E-state index contributed by atoms with van der Waals surface area (Å²) in [5.41, 5.74) is 4.96. The number of benzene rings is 2. The lowest BCUT2D eigenvalue weighted by Crippen LogP contribution is -2.36. The number of aryl methyl sites for hydroxylation is 1. The summed E-state index contributed by atoms with van der Waals surface area (Å²) in [6.07, 6.45) is -2.34. The van der Waals surface area contributed by atoms with Crippen LogP contribution < -0.4 is 5.32 Å². The second kappa shape index (κ2) is 8.83. The maximum atomic E-state index is 13.8. The van der Waals surface area contributed by atoms with Crippen LogP contribution in [0, 0.1) is 12.9 Å². The van der Waals surface area contributed by atoms with Gasteiger partial charge < -0.3 is 20.3 Å². The molecule has 1 aliphatic rings. The molecule has 3 N–H and O–H groups in total. The summed E-state index contributed by atoms with van der Waals surface area (Å²) in [6.45, 7) is 1.53. The van der Waals surface area contributed by atoms with Gasteiger partial charge in [0.25, 0.3) is 0 Å². The highest BCUT2D eigenvalue weighted by Gasteiger charge is 2.29. The van der Waals surface area contributed by atoms with Crippen LogP contribution in [0.3, 0.4) is 0 Å². The van der Waals surface area contributed by atoms with Crippen LogP contribution in [-0.2, 0) is 4.74 Å². The molecule has 31 heavy (non-hydrogen) atoms. The number of carbonyl (C=O) groups excluding carboxylic acids is 1. The third-order valence-corrected chi connectivity index (χ3v) is 5.49. The molecule has 1 aliphatic carbocycles. The van der Waals surface area contributed by atoms with Gasteiger partial charge in [-0.15, -0.1) is 0 Å². The largest absolute Gasteiger partial charge is 0.449 e. The molecule has 0 spiro atoms. The van der Waals surface area contributed by atoms with Crippen molar-refractivity contribution in [3.8, 4) is 11.1 Å².